The van der Waals surface area contributed by atoms with Gasteiger partial charge < -0.3 is 9.84 Å². The molecule has 2 nitrogen and oxygen atoms in total. The van der Waals surface area contributed by atoms with Gasteiger partial charge in [-0.25, -0.2) is 0 Å². The highest BCUT2D eigenvalue weighted by atomic mass is 16.5. The van der Waals surface area contributed by atoms with Gasteiger partial charge in [-0.05, 0) is 36.5 Å². The lowest BCUT2D eigenvalue weighted by Crippen LogP contribution is -2.06. The maximum absolute atomic E-state index is 9.49. The molecule has 0 aliphatic carbocycles. The summed E-state index contributed by atoms with van der Waals surface area (Å²) in [7, 11) is 1.71. The van der Waals surface area contributed by atoms with Crippen molar-refractivity contribution < 1.29 is 9.84 Å². The molecule has 0 spiro atoms. The Morgan fingerprint density at radius 3 is 2.50 bits per heavy atom. The molecule has 1 N–H and O–H groups in total. The van der Waals surface area contributed by atoms with E-state index < -0.39 is 0 Å². The highest BCUT2D eigenvalue weighted by Crippen LogP contribution is 2.35. The summed E-state index contributed by atoms with van der Waals surface area (Å²) >= 11 is 0. The number of ether oxygens (including phenoxy) is 1. The van der Waals surface area contributed by atoms with Crippen molar-refractivity contribution in [3.63, 3.8) is 0 Å². The monoisotopic (exact) mass is 298 g/mol. The molecule has 0 aliphatic heterocycles. The Hall–Kier alpha value is -1.80. The van der Waals surface area contributed by atoms with Crippen LogP contribution in [0.4, 0.5) is 0 Å². The topological polar surface area (TPSA) is 29.5 Å². The molecule has 0 radical (unpaired) electrons. The van der Waals surface area contributed by atoms with Crippen LogP contribution in [0.2, 0.25) is 0 Å². The standard InChI is InChI=1S/C20H26O2/c1-3-4-8-16-11-12-20(22-2)19(15-16)18(13-14-21)17-9-6-5-7-10-17/h5-7,9-12,15,18,21H,3-4,8,13-14H2,1-2H3/t18-/m0/s1. The van der Waals surface area contributed by atoms with Crippen LogP contribution in [-0.2, 0) is 6.42 Å². The van der Waals surface area contributed by atoms with Gasteiger partial charge in [0.1, 0.15) is 5.75 Å². The smallest absolute Gasteiger partial charge is 0.122 e. The first kappa shape index (κ1) is 16.6. The van der Waals surface area contributed by atoms with E-state index in [2.05, 4.69) is 37.3 Å². The van der Waals surface area contributed by atoms with E-state index in [4.69, 9.17) is 4.74 Å². The number of hydrogen-bond donors (Lipinski definition) is 1. The largest absolute Gasteiger partial charge is 0.496 e. The zero-order chi connectivity index (χ0) is 15.8. The first-order chi connectivity index (χ1) is 10.8. The molecule has 0 heterocycles. The predicted octanol–water partition coefficient (Wildman–Crippen LogP) is 4.55. The Balaban J connectivity index is 2.40. The number of rotatable bonds is 8. The number of hydrogen-bond acceptors (Lipinski definition) is 2. The number of aliphatic hydroxyl groups excluding tert-OH is 1. The lowest BCUT2D eigenvalue weighted by Gasteiger charge is -2.21. The summed E-state index contributed by atoms with van der Waals surface area (Å²) in [5.74, 6) is 1.07. The summed E-state index contributed by atoms with van der Waals surface area (Å²) in [6.45, 7) is 2.38. The molecule has 2 aromatic carbocycles. The average Bonchev–Trinajstić information content (AvgIpc) is 2.58. The Morgan fingerprint density at radius 2 is 1.86 bits per heavy atom. The molecule has 0 aliphatic rings. The molecule has 0 fully saturated rings. The van der Waals surface area contributed by atoms with Gasteiger partial charge in [0.05, 0.1) is 7.11 Å². The zero-order valence-electron chi connectivity index (χ0n) is 13.6. The molecule has 0 saturated heterocycles. The van der Waals surface area contributed by atoms with E-state index in [1.165, 1.54) is 29.5 Å². The van der Waals surface area contributed by atoms with E-state index in [-0.39, 0.29) is 12.5 Å². The molecule has 2 heteroatoms. The van der Waals surface area contributed by atoms with Gasteiger partial charge in [-0.3, -0.25) is 0 Å². The van der Waals surface area contributed by atoms with E-state index in [1.807, 2.05) is 18.2 Å². The Kier molecular flexibility index (Phi) is 6.47. The number of aryl methyl sites for hydroxylation is 1. The minimum Gasteiger partial charge on any atom is -0.496 e. The summed E-state index contributed by atoms with van der Waals surface area (Å²) in [4.78, 5) is 0. The fraction of sp³-hybridized carbons (Fsp3) is 0.400. The SMILES string of the molecule is CCCCc1ccc(OC)c([C@@H](CCO)c2ccccc2)c1. The molecule has 118 valence electrons. The van der Waals surface area contributed by atoms with Gasteiger partial charge in [-0.1, -0.05) is 55.8 Å². The number of methoxy groups -OCH3 is 1. The van der Waals surface area contributed by atoms with Gasteiger partial charge in [0.15, 0.2) is 0 Å². The van der Waals surface area contributed by atoms with Crippen molar-refractivity contribution in [2.24, 2.45) is 0 Å². The summed E-state index contributed by atoms with van der Waals surface area (Å²) in [6, 6.07) is 16.8. The van der Waals surface area contributed by atoms with Crippen LogP contribution in [0.1, 0.15) is 48.8 Å². The molecule has 0 bridgehead atoms. The summed E-state index contributed by atoms with van der Waals surface area (Å²) in [5.41, 5.74) is 3.75. The molecule has 22 heavy (non-hydrogen) atoms. The Morgan fingerprint density at radius 1 is 1.09 bits per heavy atom. The third kappa shape index (κ3) is 4.11. The predicted molar refractivity (Wildman–Crippen MR) is 91.6 cm³/mol. The minimum atomic E-state index is 0.169. The summed E-state index contributed by atoms with van der Waals surface area (Å²) < 4.78 is 5.57. The van der Waals surface area contributed by atoms with E-state index in [0.717, 1.165) is 12.2 Å². The second-order valence-corrected chi connectivity index (χ2v) is 5.66. The second kappa shape index (κ2) is 8.60. The van der Waals surface area contributed by atoms with Crippen LogP contribution in [0, 0.1) is 0 Å². The summed E-state index contributed by atoms with van der Waals surface area (Å²) in [6.07, 6.45) is 4.19. The van der Waals surface area contributed by atoms with Crippen molar-refractivity contribution in [3.8, 4) is 5.75 Å². The van der Waals surface area contributed by atoms with Crippen LogP contribution in [0.25, 0.3) is 0 Å². The van der Waals surface area contributed by atoms with Crippen molar-refractivity contribution >= 4 is 0 Å². The van der Waals surface area contributed by atoms with Crippen molar-refractivity contribution in [3.05, 3.63) is 65.2 Å². The highest BCUT2D eigenvalue weighted by molar-refractivity contribution is 5.44. The zero-order valence-corrected chi connectivity index (χ0v) is 13.6. The van der Waals surface area contributed by atoms with E-state index in [0.29, 0.717) is 6.42 Å². The molecular formula is C20H26O2. The van der Waals surface area contributed by atoms with E-state index in [9.17, 15) is 5.11 Å². The van der Waals surface area contributed by atoms with Crippen molar-refractivity contribution in [1.82, 2.24) is 0 Å². The van der Waals surface area contributed by atoms with E-state index in [1.54, 1.807) is 7.11 Å². The lowest BCUT2D eigenvalue weighted by molar-refractivity contribution is 0.280. The van der Waals surface area contributed by atoms with Gasteiger partial charge in [-0.2, -0.15) is 0 Å². The fourth-order valence-corrected chi connectivity index (χ4v) is 2.91. The molecule has 2 rings (SSSR count). The maximum Gasteiger partial charge on any atom is 0.122 e. The van der Waals surface area contributed by atoms with Gasteiger partial charge in [0, 0.05) is 18.1 Å². The maximum atomic E-state index is 9.49. The van der Waals surface area contributed by atoms with Crippen LogP contribution < -0.4 is 4.74 Å². The van der Waals surface area contributed by atoms with Crippen LogP contribution >= 0.6 is 0 Å². The Labute approximate surface area is 133 Å². The average molecular weight is 298 g/mol. The third-order valence-corrected chi connectivity index (χ3v) is 4.11. The van der Waals surface area contributed by atoms with Crippen LogP contribution in [0.15, 0.2) is 48.5 Å². The molecule has 1 atom stereocenters. The normalized spacial score (nSPS) is 12.1. The summed E-state index contributed by atoms with van der Waals surface area (Å²) in [5, 5.41) is 9.49. The quantitative estimate of drug-likeness (QED) is 0.774. The molecule has 0 amide bonds. The van der Waals surface area contributed by atoms with E-state index >= 15 is 0 Å². The number of unbranched alkanes of at least 4 members (excludes halogenated alkanes) is 1. The minimum absolute atomic E-state index is 0.169. The van der Waals surface area contributed by atoms with Gasteiger partial charge in [-0.15, -0.1) is 0 Å². The fourth-order valence-electron chi connectivity index (χ4n) is 2.91. The third-order valence-electron chi connectivity index (χ3n) is 4.11. The van der Waals surface area contributed by atoms with Gasteiger partial charge in [0.2, 0.25) is 0 Å². The molecular weight excluding hydrogens is 272 g/mol. The van der Waals surface area contributed by atoms with Crippen molar-refractivity contribution in [2.45, 2.75) is 38.5 Å². The molecule has 0 unspecified atom stereocenters. The first-order valence-corrected chi connectivity index (χ1v) is 8.12. The molecule has 0 aromatic heterocycles. The second-order valence-electron chi connectivity index (χ2n) is 5.66. The van der Waals surface area contributed by atoms with Crippen molar-refractivity contribution in [2.75, 3.05) is 13.7 Å². The highest BCUT2D eigenvalue weighted by Gasteiger charge is 2.18. The van der Waals surface area contributed by atoms with Crippen LogP contribution in [-0.4, -0.2) is 18.8 Å². The van der Waals surface area contributed by atoms with Gasteiger partial charge in [0.25, 0.3) is 0 Å². The van der Waals surface area contributed by atoms with Crippen molar-refractivity contribution in [1.29, 1.82) is 0 Å². The lowest BCUT2D eigenvalue weighted by atomic mass is 9.87. The van der Waals surface area contributed by atoms with Crippen LogP contribution in [0.3, 0.4) is 0 Å². The first-order valence-electron chi connectivity index (χ1n) is 8.12. The Bertz CT molecular complexity index is 563. The molecule has 2 aromatic rings. The molecule has 0 saturated carbocycles. The number of benzene rings is 2. The number of aliphatic hydroxyl groups is 1. The van der Waals surface area contributed by atoms with Gasteiger partial charge >= 0.3 is 0 Å². The van der Waals surface area contributed by atoms with Crippen LogP contribution in [0.5, 0.6) is 5.75 Å².